The molecule has 0 saturated carbocycles. The fraction of sp³-hybridized carbons (Fsp3) is 0.611. The highest BCUT2D eigenvalue weighted by atomic mass is 16.6. The summed E-state index contributed by atoms with van der Waals surface area (Å²) < 4.78 is 11.0. The van der Waals surface area contributed by atoms with Crippen molar-refractivity contribution in [2.45, 2.75) is 51.5 Å². The maximum Gasteiger partial charge on any atom is 0.410 e. The van der Waals surface area contributed by atoms with Gasteiger partial charge in [0.05, 0.1) is 12.6 Å². The summed E-state index contributed by atoms with van der Waals surface area (Å²) in [5, 5.41) is 3.54. The van der Waals surface area contributed by atoms with Gasteiger partial charge in [0.15, 0.2) is 0 Å². The first-order valence-corrected chi connectivity index (χ1v) is 8.17. The van der Waals surface area contributed by atoms with Gasteiger partial charge in [-0.1, -0.05) is 30.3 Å². The predicted molar refractivity (Wildman–Crippen MR) is 90.3 cm³/mol. The number of nitrogens with zero attached hydrogens (tertiary/aromatic N) is 1. The molecule has 1 aromatic rings. The van der Waals surface area contributed by atoms with Gasteiger partial charge >= 0.3 is 6.09 Å². The van der Waals surface area contributed by atoms with E-state index in [0.717, 1.165) is 13.0 Å². The Kier molecular flexibility index (Phi) is 6.02. The molecule has 1 aliphatic rings. The zero-order valence-corrected chi connectivity index (χ0v) is 14.5. The van der Waals surface area contributed by atoms with Crippen molar-refractivity contribution < 1.29 is 14.3 Å². The smallest absolute Gasteiger partial charge is 0.410 e. The zero-order chi connectivity index (χ0) is 16.9. The van der Waals surface area contributed by atoms with Crippen LogP contribution in [0, 0.1) is 0 Å². The van der Waals surface area contributed by atoms with Crippen molar-refractivity contribution in [1.29, 1.82) is 0 Å². The molecular weight excluding hydrogens is 292 g/mol. The molecule has 1 amide bonds. The third kappa shape index (κ3) is 5.52. The molecule has 0 aliphatic carbocycles. The molecule has 2 atom stereocenters. The van der Waals surface area contributed by atoms with E-state index < -0.39 is 5.60 Å². The van der Waals surface area contributed by atoms with Gasteiger partial charge in [-0.3, -0.25) is 0 Å². The van der Waals surface area contributed by atoms with Gasteiger partial charge in [-0.15, -0.1) is 0 Å². The van der Waals surface area contributed by atoms with Crippen LogP contribution in [0.5, 0.6) is 0 Å². The number of amides is 1. The van der Waals surface area contributed by atoms with Crippen LogP contribution >= 0.6 is 0 Å². The molecule has 1 N–H and O–H groups in total. The molecule has 1 aromatic carbocycles. The maximum atomic E-state index is 12.2. The lowest BCUT2D eigenvalue weighted by Gasteiger charge is -2.38. The second kappa shape index (κ2) is 7.79. The molecule has 1 heterocycles. The SMILES string of the molecule is COC1CN(C(=O)OC(C)(C)C)CCC1NCc1ccccc1. The van der Waals surface area contributed by atoms with Crippen LogP contribution in [0.4, 0.5) is 4.79 Å². The van der Waals surface area contributed by atoms with Gasteiger partial charge in [0.25, 0.3) is 0 Å². The Morgan fingerprint density at radius 3 is 2.61 bits per heavy atom. The summed E-state index contributed by atoms with van der Waals surface area (Å²) in [4.78, 5) is 13.9. The Balaban J connectivity index is 1.87. The van der Waals surface area contributed by atoms with Gasteiger partial charge in [-0.05, 0) is 32.8 Å². The fourth-order valence-electron chi connectivity index (χ4n) is 2.73. The van der Waals surface area contributed by atoms with Gasteiger partial charge in [0.2, 0.25) is 0 Å². The van der Waals surface area contributed by atoms with Crippen molar-refractivity contribution in [3.05, 3.63) is 35.9 Å². The van der Waals surface area contributed by atoms with Crippen LogP contribution in [0.25, 0.3) is 0 Å². The van der Waals surface area contributed by atoms with Crippen molar-refractivity contribution in [2.75, 3.05) is 20.2 Å². The van der Waals surface area contributed by atoms with Crippen molar-refractivity contribution >= 4 is 6.09 Å². The van der Waals surface area contributed by atoms with Gasteiger partial charge in [0.1, 0.15) is 5.60 Å². The number of piperidine rings is 1. The monoisotopic (exact) mass is 320 g/mol. The fourth-order valence-corrected chi connectivity index (χ4v) is 2.73. The van der Waals surface area contributed by atoms with E-state index >= 15 is 0 Å². The summed E-state index contributed by atoms with van der Waals surface area (Å²) in [5.41, 5.74) is 0.777. The quantitative estimate of drug-likeness (QED) is 0.927. The molecule has 0 aromatic heterocycles. The molecule has 1 aliphatic heterocycles. The van der Waals surface area contributed by atoms with E-state index in [1.54, 1.807) is 12.0 Å². The van der Waals surface area contributed by atoms with E-state index in [1.165, 1.54) is 5.56 Å². The third-order valence-electron chi connectivity index (χ3n) is 3.92. The molecule has 2 unspecified atom stereocenters. The summed E-state index contributed by atoms with van der Waals surface area (Å²) in [7, 11) is 1.69. The molecule has 0 bridgehead atoms. The Labute approximate surface area is 139 Å². The Hall–Kier alpha value is -1.59. The normalized spacial score (nSPS) is 22.0. The topological polar surface area (TPSA) is 50.8 Å². The van der Waals surface area contributed by atoms with Crippen LogP contribution in [-0.4, -0.2) is 48.9 Å². The Morgan fingerprint density at radius 1 is 1.30 bits per heavy atom. The number of nitrogens with one attached hydrogen (secondary N) is 1. The molecule has 5 heteroatoms. The maximum absolute atomic E-state index is 12.2. The largest absolute Gasteiger partial charge is 0.444 e. The lowest BCUT2D eigenvalue weighted by Crippen LogP contribution is -2.55. The molecule has 1 saturated heterocycles. The van der Waals surface area contributed by atoms with Crippen molar-refractivity contribution in [1.82, 2.24) is 10.2 Å². The molecule has 0 radical (unpaired) electrons. The number of rotatable bonds is 4. The van der Waals surface area contributed by atoms with Crippen LogP contribution in [0.2, 0.25) is 0 Å². The summed E-state index contributed by atoms with van der Waals surface area (Å²) in [5.74, 6) is 0. The van der Waals surface area contributed by atoms with E-state index in [2.05, 4.69) is 17.4 Å². The molecule has 0 spiro atoms. The lowest BCUT2D eigenvalue weighted by atomic mass is 10.0. The first kappa shape index (κ1) is 17.8. The summed E-state index contributed by atoms with van der Waals surface area (Å²) in [6, 6.07) is 10.5. The number of hydrogen-bond donors (Lipinski definition) is 1. The first-order chi connectivity index (χ1) is 10.9. The zero-order valence-electron chi connectivity index (χ0n) is 14.5. The standard InChI is InChI=1S/C18H28N2O3/c1-18(2,3)23-17(21)20-11-10-15(16(13-20)22-4)19-12-14-8-6-5-7-9-14/h5-9,15-16,19H,10-13H2,1-4H3. The minimum atomic E-state index is -0.470. The Bertz CT molecular complexity index is 499. The number of benzene rings is 1. The predicted octanol–water partition coefficient (Wildman–Crippen LogP) is 2.80. The van der Waals surface area contributed by atoms with Gasteiger partial charge < -0.3 is 19.7 Å². The highest BCUT2D eigenvalue weighted by Gasteiger charge is 2.33. The van der Waals surface area contributed by atoms with Crippen molar-refractivity contribution in [3.8, 4) is 0 Å². The second-order valence-electron chi connectivity index (χ2n) is 6.96. The van der Waals surface area contributed by atoms with Gasteiger partial charge in [-0.25, -0.2) is 4.79 Å². The minimum Gasteiger partial charge on any atom is -0.444 e. The number of carbonyl (C=O) groups excluding carboxylic acids is 1. The van der Waals surface area contributed by atoms with Crippen LogP contribution in [0.1, 0.15) is 32.8 Å². The number of ether oxygens (including phenoxy) is 2. The average molecular weight is 320 g/mol. The number of carbonyl (C=O) groups is 1. The Morgan fingerprint density at radius 2 is 2.00 bits per heavy atom. The molecule has 5 nitrogen and oxygen atoms in total. The summed E-state index contributed by atoms with van der Waals surface area (Å²) >= 11 is 0. The van der Waals surface area contributed by atoms with Crippen LogP contribution < -0.4 is 5.32 Å². The van der Waals surface area contributed by atoms with E-state index in [-0.39, 0.29) is 18.2 Å². The van der Waals surface area contributed by atoms with Crippen LogP contribution in [0.3, 0.4) is 0 Å². The van der Waals surface area contributed by atoms with E-state index in [1.807, 2.05) is 39.0 Å². The molecule has 23 heavy (non-hydrogen) atoms. The molecule has 128 valence electrons. The second-order valence-corrected chi connectivity index (χ2v) is 6.96. The van der Waals surface area contributed by atoms with E-state index in [9.17, 15) is 4.79 Å². The molecular formula is C18H28N2O3. The molecule has 1 fully saturated rings. The third-order valence-corrected chi connectivity index (χ3v) is 3.92. The number of methoxy groups -OCH3 is 1. The van der Waals surface area contributed by atoms with Crippen LogP contribution in [0.15, 0.2) is 30.3 Å². The van der Waals surface area contributed by atoms with E-state index in [0.29, 0.717) is 13.1 Å². The highest BCUT2D eigenvalue weighted by molar-refractivity contribution is 5.68. The number of hydrogen-bond acceptors (Lipinski definition) is 4. The lowest BCUT2D eigenvalue weighted by molar-refractivity contribution is -0.0184. The highest BCUT2D eigenvalue weighted by Crippen LogP contribution is 2.18. The minimum absolute atomic E-state index is 0.0278. The summed E-state index contributed by atoms with van der Waals surface area (Å²) in [6.07, 6.45) is 0.561. The molecule has 2 rings (SSSR count). The average Bonchev–Trinajstić information content (AvgIpc) is 2.52. The summed E-state index contributed by atoms with van der Waals surface area (Å²) in [6.45, 7) is 7.68. The van der Waals surface area contributed by atoms with Crippen molar-refractivity contribution in [2.24, 2.45) is 0 Å². The van der Waals surface area contributed by atoms with E-state index in [4.69, 9.17) is 9.47 Å². The number of likely N-dealkylation sites (tertiary alicyclic amines) is 1. The van der Waals surface area contributed by atoms with Gasteiger partial charge in [0, 0.05) is 26.2 Å². The van der Waals surface area contributed by atoms with Crippen molar-refractivity contribution in [3.63, 3.8) is 0 Å². The first-order valence-electron chi connectivity index (χ1n) is 8.17. The van der Waals surface area contributed by atoms with Crippen LogP contribution in [-0.2, 0) is 16.0 Å². The van der Waals surface area contributed by atoms with Gasteiger partial charge in [-0.2, -0.15) is 0 Å².